The number of likely N-dealkylation sites (tertiary alicyclic amines) is 1. The second-order valence-corrected chi connectivity index (χ2v) is 5.13. The van der Waals surface area contributed by atoms with Gasteiger partial charge in [-0.3, -0.25) is 9.69 Å². The predicted octanol–water partition coefficient (Wildman–Crippen LogP) is 1.08. The Hall–Kier alpha value is -0.610. The molecule has 1 saturated carbocycles. The molecule has 0 aromatic carbocycles. The highest BCUT2D eigenvalue weighted by molar-refractivity contribution is 5.71. The molecule has 0 amide bonds. The minimum atomic E-state index is -0.694. The molecule has 92 valence electrons. The number of hydrogen-bond donors (Lipinski definition) is 2. The van der Waals surface area contributed by atoms with E-state index in [0.717, 1.165) is 38.6 Å². The van der Waals surface area contributed by atoms with Gasteiger partial charge in [0.05, 0.1) is 12.0 Å². The molecule has 4 heteroatoms. The van der Waals surface area contributed by atoms with Crippen LogP contribution in [0.1, 0.15) is 39.0 Å². The Morgan fingerprint density at radius 1 is 1.25 bits per heavy atom. The highest BCUT2D eigenvalue weighted by Crippen LogP contribution is 2.32. The first-order valence-corrected chi connectivity index (χ1v) is 6.28. The topological polar surface area (TPSA) is 60.8 Å². The number of carboxylic acids is 1. The maximum absolute atomic E-state index is 11.0. The molecule has 4 unspecified atom stereocenters. The van der Waals surface area contributed by atoms with E-state index < -0.39 is 5.97 Å². The normalized spacial score (nSPS) is 41.1. The van der Waals surface area contributed by atoms with Crippen molar-refractivity contribution in [2.75, 3.05) is 6.54 Å². The first kappa shape index (κ1) is 11.9. The number of carboxylic acid groups (broad SMARTS) is 1. The molecule has 1 saturated heterocycles. The van der Waals surface area contributed by atoms with Gasteiger partial charge in [-0.15, -0.1) is 0 Å². The minimum Gasteiger partial charge on any atom is -0.481 e. The smallest absolute Gasteiger partial charge is 0.308 e. The molecule has 2 aliphatic rings. The van der Waals surface area contributed by atoms with Gasteiger partial charge < -0.3 is 10.2 Å². The number of hydrogen-bond acceptors (Lipinski definition) is 3. The Morgan fingerprint density at radius 3 is 2.50 bits per heavy atom. The van der Waals surface area contributed by atoms with E-state index in [0.29, 0.717) is 0 Å². The lowest BCUT2D eigenvalue weighted by Gasteiger charge is -2.38. The first-order valence-electron chi connectivity index (χ1n) is 6.28. The summed E-state index contributed by atoms with van der Waals surface area (Å²) in [5.41, 5.74) is 0. The fraction of sp³-hybridized carbons (Fsp3) is 0.917. The molecule has 2 rings (SSSR count). The fourth-order valence-corrected chi connectivity index (χ4v) is 3.24. The van der Waals surface area contributed by atoms with Crippen molar-refractivity contribution in [1.82, 2.24) is 4.90 Å². The van der Waals surface area contributed by atoms with E-state index in [9.17, 15) is 9.90 Å². The SMILES string of the molecule is CC1C(C(=O)O)CCN1C1CCCCC1O. The lowest BCUT2D eigenvalue weighted by atomic mass is 9.90. The molecule has 0 bridgehead atoms. The van der Waals surface area contributed by atoms with Gasteiger partial charge in [-0.25, -0.2) is 0 Å². The number of aliphatic hydroxyl groups excluding tert-OH is 1. The molecule has 16 heavy (non-hydrogen) atoms. The molecule has 0 aromatic rings. The molecule has 0 radical (unpaired) electrons. The van der Waals surface area contributed by atoms with Crippen molar-refractivity contribution < 1.29 is 15.0 Å². The van der Waals surface area contributed by atoms with Crippen LogP contribution in [0.4, 0.5) is 0 Å². The number of carbonyl (C=O) groups is 1. The molecule has 4 nitrogen and oxygen atoms in total. The molecule has 2 N–H and O–H groups in total. The van der Waals surface area contributed by atoms with Crippen molar-refractivity contribution in [3.05, 3.63) is 0 Å². The zero-order valence-corrected chi connectivity index (χ0v) is 9.80. The Labute approximate surface area is 96.3 Å². The lowest BCUT2D eigenvalue weighted by Crippen LogP contribution is -2.48. The van der Waals surface area contributed by atoms with E-state index in [-0.39, 0.29) is 24.1 Å². The highest BCUT2D eigenvalue weighted by Gasteiger charge is 2.41. The third-order valence-corrected chi connectivity index (χ3v) is 4.24. The van der Waals surface area contributed by atoms with Crippen LogP contribution < -0.4 is 0 Å². The van der Waals surface area contributed by atoms with Crippen LogP contribution in [0.5, 0.6) is 0 Å². The molecular weight excluding hydrogens is 206 g/mol. The summed E-state index contributed by atoms with van der Waals surface area (Å²) in [6, 6.07) is 0.253. The third kappa shape index (κ3) is 2.09. The predicted molar refractivity (Wildman–Crippen MR) is 60.2 cm³/mol. The molecular formula is C12H21NO3. The summed E-state index contributed by atoms with van der Waals surface area (Å²) in [6.07, 6.45) is 4.59. The molecule has 1 heterocycles. The summed E-state index contributed by atoms with van der Waals surface area (Å²) < 4.78 is 0. The summed E-state index contributed by atoms with van der Waals surface area (Å²) in [5.74, 6) is -0.950. The van der Waals surface area contributed by atoms with Crippen LogP contribution in [-0.4, -0.2) is 45.8 Å². The van der Waals surface area contributed by atoms with Crippen LogP contribution >= 0.6 is 0 Å². The summed E-state index contributed by atoms with van der Waals surface area (Å²) in [5, 5.41) is 19.1. The van der Waals surface area contributed by atoms with Gasteiger partial charge >= 0.3 is 5.97 Å². The van der Waals surface area contributed by atoms with E-state index in [1.165, 1.54) is 0 Å². The monoisotopic (exact) mass is 227 g/mol. The molecule has 4 atom stereocenters. The fourth-order valence-electron chi connectivity index (χ4n) is 3.24. The van der Waals surface area contributed by atoms with Crippen molar-refractivity contribution in [1.29, 1.82) is 0 Å². The van der Waals surface area contributed by atoms with E-state index in [2.05, 4.69) is 4.90 Å². The van der Waals surface area contributed by atoms with E-state index >= 15 is 0 Å². The van der Waals surface area contributed by atoms with Crippen molar-refractivity contribution in [3.8, 4) is 0 Å². The molecule has 0 aromatic heterocycles. The molecule has 2 fully saturated rings. The number of nitrogens with zero attached hydrogens (tertiary/aromatic N) is 1. The molecule has 1 aliphatic heterocycles. The number of aliphatic hydroxyl groups is 1. The van der Waals surface area contributed by atoms with Crippen LogP contribution in [-0.2, 0) is 4.79 Å². The second kappa shape index (κ2) is 4.72. The van der Waals surface area contributed by atoms with Crippen LogP contribution in [0.25, 0.3) is 0 Å². The maximum atomic E-state index is 11.0. The van der Waals surface area contributed by atoms with Crippen molar-refractivity contribution in [2.24, 2.45) is 5.92 Å². The molecule has 1 aliphatic carbocycles. The zero-order valence-electron chi connectivity index (χ0n) is 9.80. The van der Waals surface area contributed by atoms with E-state index in [1.54, 1.807) is 0 Å². The van der Waals surface area contributed by atoms with E-state index in [1.807, 2.05) is 6.92 Å². The van der Waals surface area contributed by atoms with Crippen LogP contribution in [0.15, 0.2) is 0 Å². The van der Waals surface area contributed by atoms with Gasteiger partial charge in [0.15, 0.2) is 0 Å². The van der Waals surface area contributed by atoms with Crippen LogP contribution in [0, 0.1) is 5.92 Å². The van der Waals surface area contributed by atoms with Gasteiger partial charge in [-0.2, -0.15) is 0 Å². The summed E-state index contributed by atoms with van der Waals surface area (Å²) >= 11 is 0. The van der Waals surface area contributed by atoms with Gasteiger partial charge in [-0.1, -0.05) is 12.8 Å². The van der Waals surface area contributed by atoms with Crippen molar-refractivity contribution >= 4 is 5.97 Å². The lowest BCUT2D eigenvalue weighted by molar-refractivity contribution is -0.142. The largest absolute Gasteiger partial charge is 0.481 e. The Balaban J connectivity index is 2.02. The summed E-state index contributed by atoms with van der Waals surface area (Å²) in [4.78, 5) is 13.2. The van der Waals surface area contributed by atoms with Crippen LogP contribution in [0.3, 0.4) is 0 Å². The van der Waals surface area contributed by atoms with Gasteiger partial charge in [0.1, 0.15) is 0 Å². The Morgan fingerprint density at radius 2 is 1.94 bits per heavy atom. The minimum absolute atomic E-state index is 0.0650. The standard InChI is InChI=1S/C12H21NO3/c1-8-9(12(15)16)6-7-13(8)10-4-2-3-5-11(10)14/h8-11,14H,2-7H2,1H3,(H,15,16). The van der Waals surface area contributed by atoms with Gasteiger partial charge in [0, 0.05) is 12.1 Å². The maximum Gasteiger partial charge on any atom is 0.308 e. The van der Waals surface area contributed by atoms with Crippen molar-refractivity contribution in [3.63, 3.8) is 0 Å². The average molecular weight is 227 g/mol. The summed E-state index contributed by atoms with van der Waals surface area (Å²) in [7, 11) is 0. The second-order valence-electron chi connectivity index (χ2n) is 5.13. The highest BCUT2D eigenvalue weighted by atomic mass is 16.4. The number of aliphatic carboxylic acids is 1. The quantitative estimate of drug-likeness (QED) is 0.741. The number of rotatable bonds is 2. The van der Waals surface area contributed by atoms with E-state index in [4.69, 9.17) is 5.11 Å². The van der Waals surface area contributed by atoms with Gasteiger partial charge in [0.2, 0.25) is 0 Å². The Kier molecular flexibility index (Phi) is 3.50. The van der Waals surface area contributed by atoms with Crippen molar-refractivity contribution in [2.45, 2.75) is 57.2 Å². The summed E-state index contributed by atoms with van der Waals surface area (Å²) in [6.45, 7) is 2.80. The third-order valence-electron chi connectivity index (χ3n) is 4.24. The average Bonchev–Trinajstić information content (AvgIpc) is 2.61. The molecule has 0 spiro atoms. The zero-order chi connectivity index (χ0) is 11.7. The Bertz CT molecular complexity index is 269. The van der Waals surface area contributed by atoms with Gasteiger partial charge in [-0.05, 0) is 32.7 Å². The van der Waals surface area contributed by atoms with Gasteiger partial charge in [0.25, 0.3) is 0 Å². The first-order chi connectivity index (χ1) is 7.61. The van der Waals surface area contributed by atoms with Crippen LogP contribution in [0.2, 0.25) is 0 Å².